The van der Waals surface area contributed by atoms with E-state index in [2.05, 4.69) is 0 Å². The maximum atomic E-state index is 12.7. The second-order valence-corrected chi connectivity index (χ2v) is 6.11. The average molecular weight is 388 g/mol. The molecule has 0 aliphatic carbocycles. The summed E-state index contributed by atoms with van der Waals surface area (Å²) in [5, 5.41) is -0.142. The van der Waals surface area contributed by atoms with Gasteiger partial charge in [0.1, 0.15) is 12.4 Å². The first-order valence-corrected chi connectivity index (χ1v) is 7.88. The molecule has 0 aliphatic rings. The fraction of sp³-hybridized carbons (Fsp3) is 0.278. The third kappa shape index (κ3) is 4.82. The van der Waals surface area contributed by atoms with E-state index in [1.165, 1.54) is 13.2 Å². The lowest BCUT2D eigenvalue weighted by Crippen LogP contribution is -2.12. The van der Waals surface area contributed by atoms with E-state index in [1.54, 1.807) is 23.1 Å². The quantitative estimate of drug-likeness (QED) is 0.691. The van der Waals surface area contributed by atoms with Crippen LogP contribution in [-0.4, -0.2) is 27.2 Å². The summed E-state index contributed by atoms with van der Waals surface area (Å²) in [6, 6.07) is 7.94. The minimum atomic E-state index is -4.47. The molecule has 0 amide bonds. The molecule has 0 atom stereocenters. The first-order chi connectivity index (χ1) is 12.1. The minimum Gasteiger partial charge on any atom is -0.487 e. The highest BCUT2D eigenvalue weighted by Gasteiger charge is 2.31. The molecule has 0 saturated heterocycles. The Bertz CT molecular complexity index is 807. The number of hydrogen-bond acceptors (Lipinski definition) is 4. The van der Waals surface area contributed by atoms with E-state index < -0.39 is 17.7 Å². The van der Waals surface area contributed by atoms with Gasteiger partial charge in [-0.1, -0.05) is 11.6 Å². The van der Waals surface area contributed by atoms with E-state index in [0.29, 0.717) is 11.1 Å². The van der Waals surface area contributed by atoms with E-state index >= 15 is 0 Å². The van der Waals surface area contributed by atoms with Crippen LogP contribution in [0.15, 0.2) is 36.4 Å². The van der Waals surface area contributed by atoms with Crippen molar-refractivity contribution in [3.8, 4) is 5.75 Å². The third-order valence-electron chi connectivity index (χ3n) is 3.57. The zero-order chi connectivity index (χ0) is 19.5. The lowest BCUT2D eigenvalue weighted by atomic mass is 10.1. The van der Waals surface area contributed by atoms with Gasteiger partial charge in [0, 0.05) is 19.8 Å². The monoisotopic (exact) mass is 387 g/mol. The molecule has 0 unspecified atom stereocenters. The van der Waals surface area contributed by atoms with Gasteiger partial charge in [0.05, 0.1) is 23.3 Å². The van der Waals surface area contributed by atoms with Gasteiger partial charge >= 0.3 is 12.1 Å². The van der Waals surface area contributed by atoms with Crippen LogP contribution >= 0.6 is 11.6 Å². The standard InChI is InChI=1S/C18H17ClF3NO3/c1-23(2)14-7-11(6-12(8-14)17(24)25-3)10-26-16-5-4-13(9-15(16)19)18(20,21)22/h4-9H,10H2,1-3H3. The number of benzene rings is 2. The maximum Gasteiger partial charge on any atom is 0.416 e. The summed E-state index contributed by atoms with van der Waals surface area (Å²) >= 11 is 5.88. The van der Waals surface area contributed by atoms with Crippen LogP contribution in [0.5, 0.6) is 5.75 Å². The molecular weight excluding hydrogens is 371 g/mol. The molecule has 0 aromatic heterocycles. The lowest BCUT2D eigenvalue weighted by molar-refractivity contribution is -0.137. The molecule has 140 valence electrons. The fourth-order valence-electron chi connectivity index (χ4n) is 2.21. The second kappa shape index (κ2) is 7.86. The van der Waals surface area contributed by atoms with Gasteiger partial charge in [-0.05, 0) is 42.0 Å². The molecule has 0 fully saturated rings. The first kappa shape index (κ1) is 19.9. The lowest BCUT2D eigenvalue weighted by Gasteiger charge is -2.16. The van der Waals surface area contributed by atoms with Gasteiger partial charge in [0.2, 0.25) is 0 Å². The molecule has 0 radical (unpaired) electrons. The van der Waals surface area contributed by atoms with E-state index in [9.17, 15) is 18.0 Å². The zero-order valence-corrected chi connectivity index (χ0v) is 15.1. The molecular formula is C18H17ClF3NO3. The molecule has 2 rings (SSSR count). The van der Waals surface area contributed by atoms with Crippen molar-refractivity contribution in [3.05, 3.63) is 58.1 Å². The number of carbonyl (C=O) groups excluding carboxylic acids is 1. The van der Waals surface area contributed by atoms with Crippen LogP contribution in [0.1, 0.15) is 21.5 Å². The zero-order valence-electron chi connectivity index (χ0n) is 14.4. The summed E-state index contributed by atoms with van der Waals surface area (Å²) < 4.78 is 48.3. The molecule has 0 bridgehead atoms. The van der Waals surface area contributed by atoms with Crippen molar-refractivity contribution in [2.45, 2.75) is 12.8 Å². The van der Waals surface area contributed by atoms with Crippen molar-refractivity contribution in [2.75, 3.05) is 26.1 Å². The summed E-state index contributed by atoms with van der Waals surface area (Å²) in [5.41, 5.74) is 0.894. The summed E-state index contributed by atoms with van der Waals surface area (Å²) in [6.45, 7) is 0.0246. The van der Waals surface area contributed by atoms with E-state index in [-0.39, 0.29) is 17.4 Å². The molecule has 0 aliphatic heterocycles. The van der Waals surface area contributed by atoms with Gasteiger partial charge in [-0.15, -0.1) is 0 Å². The number of ether oxygens (including phenoxy) is 2. The van der Waals surface area contributed by atoms with Crippen molar-refractivity contribution in [1.82, 2.24) is 0 Å². The van der Waals surface area contributed by atoms with E-state index in [4.69, 9.17) is 21.1 Å². The predicted molar refractivity (Wildman–Crippen MR) is 92.9 cm³/mol. The SMILES string of the molecule is COC(=O)c1cc(COc2ccc(C(F)(F)F)cc2Cl)cc(N(C)C)c1. The average Bonchev–Trinajstić information content (AvgIpc) is 2.58. The molecule has 4 nitrogen and oxygen atoms in total. The van der Waals surface area contributed by atoms with Gasteiger partial charge in [0.25, 0.3) is 0 Å². The number of rotatable bonds is 5. The number of anilines is 1. The van der Waals surface area contributed by atoms with Gasteiger partial charge in [-0.25, -0.2) is 4.79 Å². The van der Waals surface area contributed by atoms with Crippen molar-refractivity contribution in [1.29, 1.82) is 0 Å². The number of methoxy groups -OCH3 is 1. The van der Waals surface area contributed by atoms with Crippen LogP contribution < -0.4 is 9.64 Å². The molecule has 2 aromatic rings. The smallest absolute Gasteiger partial charge is 0.416 e. The number of nitrogens with zero attached hydrogens (tertiary/aromatic N) is 1. The van der Waals surface area contributed by atoms with Gasteiger partial charge in [-0.3, -0.25) is 0 Å². The molecule has 26 heavy (non-hydrogen) atoms. The second-order valence-electron chi connectivity index (χ2n) is 5.71. The summed E-state index contributed by atoms with van der Waals surface area (Å²) in [7, 11) is 4.91. The number of hydrogen-bond donors (Lipinski definition) is 0. The van der Waals surface area contributed by atoms with Crippen LogP contribution in [0.25, 0.3) is 0 Å². The molecule has 0 spiro atoms. The summed E-state index contributed by atoms with van der Waals surface area (Å²) in [4.78, 5) is 13.6. The van der Waals surface area contributed by atoms with Crippen molar-refractivity contribution in [3.63, 3.8) is 0 Å². The number of alkyl halides is 3. The Balaban J connectivity index is 2.24. The van der Waals surface area contributed by atoms with Crippen LogP contribution in [0.2, 0.25) is 5.02 Å². The Hall–Kier alpha value is -2.41. The van der Waals surface area contributed by atoms with E-state index in [1.807, 2.05) is 14.1 Å². The highest BCUT2D eigenvalue weighted by molar-refractivity contribution is 6.32. The molecule has 8 heteroatoms. The van der Waals surface area contributed by atoms with Gasteiger partial charge in [-0.2, -0.15) is 13.2 Å². The number of carbonyl (C=O) groups is 1. The van der Waals surface area contributed by atoms with Crippen molar-refractivity contribution in [2.24, 2.45) is 0 Å². The van der Waals surface area contributed by atoms with Crippen LogP contribution in [0, 0.1) is 0 Å². The van der Waals surface area contributed by atoms with Gasteiger partial charge < -0.3 is 14.4 Å². The highest BCUT2D eigenvalue weighted by atomic mass is 35.5. The van der Waals surface area contributed by atoms with E-state index in [0.717, 1.165) is 17.8 Å². The number of halogens is 4. The Morgan fingerprint density at radius 3 is 2.38 bits per heavy atom. The molecule has 2 aromatic carbocycles. The Labute approximate surface area is 154 Å². The normalized spacial score (nSPS) is 11.2. The van der Waals surface area contributed by atoms with Gasteiger partial charge in [0.15, 0.2) is 0 Å². The summed E-state index contributed by atoms with van der Waals surface area (Å²) in [5.74, 6) is -0.378. The van der Waals surface area contributed by atoms with Crippen molar-refractivity contribution >= 4 is 23.3 Å². The third-order valence-corrected chi connectivity index (χ3v) is 3.86. The van der Waals surface area contributed by atoms with Crippen LogP contribution in [0.3, 0.4) is 0 Å². The van der Waals surface area contributed by atoms with Crippen LogP contribution in [-0.2, 0) is 17.5 Å². The Morgan fingerprint density at radius 1 is 1.15 bits per heavy atom. The molecule has 0 N–H and O–H groups in total. The highest BCUT2D eigenvalue weighted by Crippen LogP contribution is 2.35. The largest absolute Gasteiger partial charge is 0.487 e. The predicted octanol–water partition coefficient (Wildman–Crippen LogP) is 4.79. The Morgan fingerprint density at radius 2 is 1.85 bits per heavy atom. The topological polar surface area (TPSA) is 38.8 Å². The summed E-state index contributed by atoms with van der Waals surface area (Å²) in [6.07, 6.45) is -4.47. The Kier molecular flexibility index (Phi) is 6.02. The minimum absolute atomic E-state index is 0.0246. The fourth-order valence-corrected chi connectivity index (χ4v) is 2.44. The molecule has 0 saturated carbocycles. The van der Waals surface area contributed by atoms with Crippen LogP contribution in [0.4, 0.5) is 18.9 Å². The maximum absolute atomic E-state index is 12.7. The number of esters is 1. The molecule has 0 heterocycles. The first-order valence-electron chi connectivity index (χ1n) is 7.51. The van der Waals surface area contributed by atoms with Crippen molar-refractivity contribution < 1.29 is 27.4 Å².